The number of aliphatic hydroxyl groups is 1. The molecule has 1 N–H and O–H groups in total. The molecular formula is C15H19FN2O2. The van der Waals surface area contributed by atoms with Crippen molar-refractivity contribution in [2.75, 3.05) is 7.11 Å². The number of ether oxygens (including phenoxy) is 1. The third kappa shape index (κ3) is 2.67. The summed E-state index contributed by atoms with van der Waals surface area (Å²) in [5, 5.41) is 14.7. The summed E-state index contributed by atoms with van der Waals surface area (Å²) in [5.41, 5.74) is 3.14. The molecule has 5 heteroatoms. The fourth-order valence-corrected chi connectivity index (χ4v) is 2.48. The van der Waals surface area contributed by atoms with Gasteiger partial charge in [0.05, 0.1) is 24.5 Å². The maximum Gasteiger partial charge on any atom is 0.217 e. The lowest BCUT2D eigenvalue weighted by Gasteiger charge is -2.14. The van der Waals surface area contributed by atoms with Crippen molar-refractivity contribution in [2.45, 2.75) is 26.4 Å². The largest absolute Gasteiger partial charge is 0.481 e. The summed E-state index contributed by atoms with van der Waals surface area (Å²) in [6.45, 7) is 3.66. The van der Waals surface area contributed by atoms with Gasteiger partial charge < -0.3 is 9.84 Å². The first-order chi connectivity index (χ1) is 9.43. The molecule has 2 rings (SSSR count). The number of nitrogens with zero attached hydrogens (tertiary/aromatic N) is 2. The van der Waals surface area contributed by atoms with Gasteiger partial charge in [-0.1, -0.05) is 6.07 Å². The van der Waals surface area contributed by atoms with E-state index in [1.54, 1.807) is 24.9 Å². The first kappa shape index (κ1) is 14.5. The Kier molecular flexibility index (Phi) is 4.09. The van der Waals surface area contributed by atoms with Crippen LogP contribution in [0.4, 0.5) is 4.39 Å². The second kappa shape index (κ2) is 5.63. The van der Waals surface area contributed by atoms with E-state index >= 15 is 0 Å². The van der Waals surface area contributed by atoms with E-state index in [1.807, 2.05) is 13.8 Å². The molecule has 2 aromatic rings. The van der Waals surface area contributed by atoms with E-state index < -0.39 is 6.10 Å². The van der Waals surface area contributed by atoms with Crippen LogP contribution in [0, 0.1) is 19.7 Å². The average Bonchev–Trinajstić information content (AvgIpc) is 2.66. The zero-order chi connectivity index (χ0) is 14.9. The predicted molar refractivity (Wildman–Crippen MR) is 74.3 cm³/mol. The van der Waals surface area contributed by atoms with Gasteiger partial charge in [0.1, 0.15) is 5.82 Å². The van der Waals surface area contributed by atoms with Crippen LogP contribution in [0.1, 0.15) is 28.5 Å². The molecule has 0 aliphatic heterocycles. The molecule has 0 saturated carbocycles. The second-order valence-corrected chi connectivity index (χ2v) is 4.92. The molecule has 0 aliphatic rings. The lowest BCUT2D eigenvalue weighted by atomic mass is 9.98. The summed E-state index contributed by atoms with van der Waals surface area (Å²) >= 11 is 0. The number of hydrogen-bond acceptors (Lipinski definition) is 3. The van der Waals surface area contributed by atoms with E-state index in [-0.39, 0.29) is 5.82 Å². The van der Waals surface area contributed by atoms with Crippen molar-refractivity contribution < 1.29 is 14.2 Å². The summed E-state index contributed by atoms with van der Waals surface area (Å²) in [7, 11) is 3.32. The molecule has 0 amide bonds. The van der Waals surface area contributed by atoms with Crippen molar-refractivity contribution >= 4 is 0 Å². The minimum atomic E-state index is -0.734. The molecule has 1 heterocycles. The van der Waals surface area contributed by atoms with Crippen LogP contribution in [0.2, 0.25) is 0 Å². The second-order valence-electron chi connectivity index (χ2n) is 4.92. The zero-order valence-corrected chi connectivity index (χ0v) is 12.1. The van der Waals surface area contributed by atoms with Crippen LogP contribution >= 0.6 is 0 Å². The molecule has 4 nitrogen and oxygen atoms in total. The highest BCUT2D eigenvalue weighted by Crippen LogP contribution is 2.30. The van der Waals surface area contributed by atoms with Crippen LogP contribution in [0.3, 0.4) is 0 Å². The highest BCUT2D eigenvalue weighted by molar-refractivity contribution is 5.36. The lowest BCUT2D eigenvalue weighted by Crippen LogP contribution is -2.06. The third-order valence-corrected chi connectivity index (χ3v) is 3.46. The Bertz CT molecular complexity index is 623. The van der Waals surface area contributed by atoms with Gasteiger partial charge >= 0.3 is 0 Å². The van der Waals surface area contributed by atoms with Gasteiger partial charge in [0.15, 0.2) is 0 Å². The zero-order valence-electron chi connectivity index (χ0n) is 12.1. The van der Waals surface area contributed by atoms with Gasteiger partial charge in [-0.05, 0) is 37.1 Å². The predicted octanol–water partition coefficient (Wildman–Crippen LogP) is 2.46. The third-order valence-electron chi connectivity index (χ3n) is 3.46. The molecule has 1 aromatic carbocycles. The van der Waals surface area contributed by atoms with Gasteiger partial charge in [0.25, 0.3) is 0 Å². The number of rotatable bonds is 4. The number of methoxy groups -OCH3 is 1. The molecule has 108 valence electrons. The van der Waals surface area contributed by atoms with E-state index in [4.69, 9.17) is 4.74 Å². The van der Waals surface area contributed by atoms with Crippen molar-refractivity contribution in [3.63, 3.8) is 0 Å². The average molecular weight is 278 g/mol. The summed E-state index contributed by atoms with van der Waals surface area (Å²) in [6.07, 6.45) is -0.336. The van der Waals surface area contributed by atoms with Crippen LogP contribution in [0.5, 0.6) is 5.88 Å². The minimum Gasteiger partial charge on any atom is -0.481 e. The van der Waals surface area contributed by atoms with Crippen molar-refractivity contribution in [2.24, 2.45) is 7.05 Å². The van der Waals surface area contributed by atoms with Crippen LogP contribution in [-0.2, 0) is 13.5 Å². The number of aliphatic hydroxyl groups excluding tert-OH is 1. The van der Waals surface area contributed by atoms with E-state index in [1.165, 1.54) is 12.1 Å². The number of halogens is 1. The Morgan fingerprint density at radius 3 is 2.70 bits per heavy atom. The summed E-state index contributed by atoms with van der Waals surface area (Å²) in [5.74, 6) is 0.283. The van der Waals surface area contributed by atoms with Crippen LogP contribution in [0.15, 0.2) is 18.2 Å². The number of aromatic nitrogens is 2. The molecule has 0 aliphatic carbocycles. The number of hydrogen-bond donors (Lipinski definition) is 1. The van der Waals surface area contributed by atoms with E-state index in [9.17, 15) is 9.50 Å². The molecule has 0 bridgehead atoms. The van der Waals surface area contributed by atoms with Crippen molar-refractivity contribution in [1.29, 1.82) is 0 Å². The van der Waals surface area contributed by atoms with E-state index in [0.29, 0.717) is 17.9 Å². The van der Waals surface area contributed by atoms with Crippen LogP contribution in [0.25, 0.3) is 0 Å². The monoisotopic (exact) mass is 278 g/mol. The van der Waals surface area contributed by atoms with Crippen molar-refractivity contribution in [1.82, 2.24) is 9.78 Å². The number of aryl methyl sites for hydroxylation is 3. The van der Waals surface area contributed by atoms with Gasteiger partial charge in [-0.25, -0.2) is 9.07 Å². The van der Waals surface area contributed by atoms with Crippen molar-refractivity contribution in [3.8, 4) is 5.88 Å². The van der Waals surface area contributed by atoms with Gasteiger partial charge in [0.2, 0.25) is 5.88 Å². The molecule has 0 fully saturated rings. The van der Waals surface area contributed by atoms with Gasteiger partial charge in [-0.15, -0.1) is 0 Å². The minimum absolute atomic E-state index is 0.268. The normalized spacial score (nSPS) is 12.5. The van der Waals surface area contributed by atoms with E-state index in [0.717, 1.165) is 16.8 Å². The smallest absolute Gasteiger partial charge is 0.217 e. The first-order valence-electron chi connectivity index (χ1n) is 6.44. The fraction of sp³-hybridized carbons (Fsp3) is 0.400. The maximum absolute atomic E-state index is 13.1. The van der Waals surface area contributed by atoms with Gasteiger partial charge in [-0.3, -0.25) is 0 Å². The Morgan fingerprint density at radius 2 is 2.10 bits per heavy atom. The van der Waals surface area contributed by atoms with Crippen LogP contribution in [-0.4, -0.2) is 22.0 Å². The molecule has 0 spiro atoms. The van der Waals surface area contributed by atoms with E-state index in [2.05, 4.69) is 5.10 Å². The highest BCUT2D eigenvalue weighted by Gasteiger charge is 2.22. The Balaban J connectivity index is 2.30. The standard InChI is InChI=1S/C15H19FN2O2/c1-9-7-12(16)6-5-11(9)8-13(19)14-10(2)17-18(3)15(14)20-4/h5-7,13,19H,8H2,1-4H3. The molecular weight excluding hydrogens is 259 g/mol. The number of benzene rings is 1. The lowest BCUT2D eigenvalue weighted by molar-refractivity contribution is 0.172. The van der Waals surface area contributed by atoms with Crippen LogP contribution < -0.4 is 4.74 Å². The molecule has 0 radical (unpaired) electrons. The van der Waals surface area contributed by atoms with Crippen molar-refractivity contribution in [3.05, 3.63) is 46.4 Å². The Morgan fingerprint density at radius 1 is 1.40 bits per heavy atom. The van der Waals surface area contributed by atoms with Gasteiger partial charge in [0, 0.05) is 13.5 Å². The summed E-state index contributed by atoms with van der Waals surface area (Å²) < 4.78 is 20.0. The highest BCUT2D eigenvalue weighted by atomic mass is 19.1. The summed E-state index contributed by atoms with van der Waals surface area (Å²) in [6, 6.07) is 4.57. The maximum atomic E-state index is 13.1. The SMILES string of the molecule is COc1c(C(O)Cc2ccc(F)cc2C)c(C)nn1C. The van der Waals surface area contributed by atoms with Gasteiger partial charge in [-0.2, -0.15) is 5.10 Å². The molecule has 20 heavy (non-hydrogen) atoms. The molecule has 1 atom stereocenters. The topological polar surface area (TPSA) is 47.3 Å². The Hall–Kier alpha value is -1.88. The molecule has 1 aromatic heterocycles. The molecule has 1 unspecified atom stereocenters. The summed E-state index contributed by atoms with van der Waals surface area (Å²) in [4.78, 5) is 0. The Labute approximate surface area is 117 Å². The molecule has 0 saturated heterocycles. The quantitative estimate of drug-likeness (QED) is 0.934. The fourth-order valence-electron chi connectivity index (χ4n) is 2.48. The first-order valence-corrected chi connectivity index (χ1v) is 6.44.